The Morgan fingerprint density at radius 3 is 2.58 bits per heavy atom. The van der Waals surface area contributed by atoms with Crippen molar-refractivity contribution in [1.82, 2.24) is 4.90 Å². The average molecular weight is 305 g/mol. The minimum atomic E-state index is -4.40. The standard InChI is InChI=1S/C11H19F3N2O2.ClH/c1-2-5-18-7-10(17)16-6-8(15)3-4-9(16)11(12,13)14;/h8-9H,2-7,15H2,1H3;1H. The quantitative estimate of drug-likeness (QED) is 0.805. The van der Waals surface area contributed by atoms with Crippen LogP contribution in [0.1, 0.15) is 26.2 Å². The number of halogens is 4. The fraction of sp³-hybridized carbons (Fsp3) is 0.909. The monoisotopic (exact) mass is 304 g/mol. The molecule has 0 aliphatic carbocycles. The number of hydrogen-bond donors (Lipinski definition) is 1. The van der Waals surface area contributed by atoms with Crippen LogP contribution in [0.3, 0.4) is 0 Å². The predicted molar refractivity (Wildman–Crippen MR) is 67.1 cm³/mol. The van der Waals surface area contributed by atoms with Crippen LogP contribution in [0.5, 0.6) is 0 Å². The molecule has 2 N–H and O–H groups in total. The first-order valence-electron chi connectivity index (χ1n) is 6.05. The van der Waals surface area contributed by atoms with Crippen molar-refractivity contribution in [1.29, 1.82) is 0 Å². The highest BCUT2D eigenvalue weighted by atomic mass is 35.5. The van der Waals surface area contributed by atoms with Crippen LogP contribution < -0.4 is 5.73 Å². The van der Waals surface area contributed by atoms with Crippen molar-refractivity contribution in [2.75, 3.05) is 19.8 Å². The van der Waals surface area contributed by atoms with Gasteiger partial charge in [-0.1, -0.05) is 6.92 Å². The van der Waals surface area contributed by atoms with Crippen LogP contribution in [0, 0.1) is 0 Å². The van der Waals surface area contributed by atoms with Gasteiger partial charge in [-0.05, 0) is 19.3 Å². The van der Waals surface area contributed by atoms with Gasteiger partial charge in [-0.2, -0.15) is 13.2 Å². The molecule has 0 saturated carbocycles. The first kappa shape index (κ1) is 18.5. The largest absolute Gasteiger partial charge is 0.408 e. The average Bonchev–Trinajstić information content (AvgIpc) is 2.27. The summed E-state index contributed by atoms with van der Waals surface area (Å²) in [6, 6.07) is -2.12. The highest BCUT2D eigenvalue weighted by Crippen LogP contribution is 2.31. The molecule has 2 atom stereocenters. The summed E-state index contributed by atoms with van der Waals surface area (Å²) in [5.41, 5.74) is 5.62. The smallest absolute Gasteiger partial charge is 0.372 e. The zero-order chi connectivity index (χ0) is 13.8. The molecule has 0 bridgehead atoms. The van der Waals surface area contributed by atoms with E-state index in [0.29, 0.717) is 6.61 Å². The van der Waals surface area contributed by atoms with E-state index in [9.17, 15) is 18.0 Å². The summed E-state index contributed by atoms with van der Waals surface area (Å²) in [4.78, 5) is 12.5. The highest BCUT2D eigenvalue weighted by molar-refractivity contribution is 5.85. The SMILES string of the molecule is CCCOCC(=O)N1CC(N)CCC1C(F)(F)F.Cl. The molecule has 1 aliphatic heterocycles. The van der Waals surface area contributed by atoms with E-state index in [2.05, 4.69) is 0 Å². The van der Waals surface area contributed by atoms with Gasteiger partial charge in [0.2, 0.25) is 5.91 Å². The first-order chi connectivity index (χ1) is 8.36. The number of alkyl halides is 3. The lowest BCUT2D eigenvalue weighted by Crippen LogP contribution is -2.57. The van der Waals surface area contributed by atoms with Gasteiger partial charge in [0.15, 0.2) is 0 Å². The third kappa shape index (κ3) is 5.54. The Morgan fingerprint density at radius 1 is 1.42 bits per heavy atom. The second kappa shape index (κ2) is 7.91. The van der Waals surface area contributed by atoms with Crippen molar-refractivity contribution in [2.24, 2.45) is 5.73 Å². The predicted octanol–water partition coefficient (Wildman–Crippen LogP) is 1.72. The van der Waals surface area contributed by atoms with Crippen molar-refractivity contribution >= 4 is 18.3 Å². The molecule has 1 heterocycles. The topological polar surface area (TPSA) is 55.6 Å². The van der Waals surface area contributed by atoms with E-state index in [0.717, 1.165) is 11.3 Å². The van der Waals surface area contributed by atoms with Crippen molar-refractivity contribution in [2.45, 2.75) is 44.4 Å². The van der Waals surface area contributed by atoms with Crippen LogP contribution in [0.15, 0.2) is 0 Å². The van der Waals surface area contributed by atoms with E-state index in [1.165, 1.54) is 0 Å². The number of carbonyl (C=O) groups excluding carboxylic acids is 1. The van der Waals surface area contributed by atoms with Crippen molar-refractivity contribution in [3.05, 3.63) is 0 Å². The summed E-state index contributed by atoms with van der Waals surface area (Å²) < 4.78 is 43.4. The lowest BCUT2D eigenvalue weighted by molar-refractivity contribution is -0.198. The fourth-order valence-electron chi connectivity index (χ4n) is 2.00. The van der Waals surface area contributed by atoms with Crippen LogP contribution >= 0.6 is 12.4 Å². The Balaban J connectivity index is 0.00000324. The zero-order valence-electron chi connectivity index (χ0n) is 10.8. The molecule has 0 aromatic rings. The lowest BCUT2D eigenvalue weighted by atomic mass is 9.98. The molecule has 8 heteroatoms. The molecule has 1 fully saturated rings. The van der Waals surface area contributed by atoms with Gasteiger partial charge in [-0.15, -0.1) is 12.4 Å². The molecular weight excluding hydrogens is 285 g/mol. The minimum Gasteiger partial charge on any atom is -0.372 e. The number of piperidine rings is 1. The van der Waals surface area contributed by atoms with E-state index in [1.54, 1.807) is 0 Å². The molecular formula is C11H20ClF3N2O2. The molecule has 1 amide bonds. The fourth-order valence-corrected chi connectivity index (χ4v) is 2.00. The number of likely N-dealkylation sites (tertiary alicyclic amines) is 1. The molecule has 2 unspecified atom stereocenters. The zero-order valence-corrected chi connectivity index (χ0v) is 11.6. The number of ether oxygens (including phenoxy) is 1. The van der Waals surface area contributed by atoms with E-state index in [-0.39, 0.29) is 38.4 Å². The molecule has 19 heavy (non-hydrogen) atoms. The molecule has 0 aromatic carbocycles. The van der Waals surface area contributed by atoms with E-state index < -0.39 is 24.2 Å². The van der Waals surface area contributed by atoms with Gasteiger partial charge in [0.1, 0.15) is 12.6 Å². The Kier molecular flexibility index (Phi) is 7.69. The molecule has 0 spiro atoms. The second-order valence-corrected chi connectivity index (χ2v) is 4.49. The lowest BCUT2D eigenvalue weighted by Gasteiger charge is -2.39. The van der Waals surface area contributed by atoms with Crippen LogP contribution in [-0.2, 0) is 9.53 Å². The summed E-state index contributed by atoms with van der Waals surface area (Å²) in [6.07, 6.45) is -3.54. The molecule has 1 aliphatic rings. The van der Waals surface area contributed by atoms with Gasteiger partial charge in [-0.25, -0.2) is 0 Å². The van der Waals surface area contributed by atoms with Crippen LogP contribution in [0.25, 0.3) is 0 Å². The Hall–Kier alpha value is -0.530. The van der Waals surface area contributed by atoms with Gasteiger partial charge < -0.3 is 15.4 Å². The summed E-state index contributed by atoms with van der Waals surface area (Å²) in [6.45, 7) is 1.85. The Morgan fingerprint density at radius 2 is 2.05 bits per heavy atom. The van der Waals surface area contributed by atoms with Crippen LogP contribution in [-0.4, -0.2) is 48.8 Å². The molecule has 4 nitrogen and oxygen atoms in total. The number of carbonyl (C=O) groups is 1. The van der Waals surface area contributed by atoms with Gasteiger partial charge in [0.05, 0.1) is 0 Å². The Bertz CT molecular complexity index is 290. The first-order valence-corrected chi connectivity index (χ1v) is 6.05. The number of nitrogens with two attached hydrogens (primary N) is 1. The number of nitrogens with zero attached hydrogens (tertiary/aromatic N) is 1. The van der Waals surface area contributed by atoms with E-state index >= 15 is 0 Å². The third-order valence-electron chi connectivity index (χ3n) is 2.89. The van der Waals surface area contributed by atoms with Crippen molar-refractivity contribution < 1.29 is 22.7 Å². The van der Waals surface area contributed by atoms with E-state index in [4.69, 9.17) is 10.5 Å². The highest BCUT2D eigenvalue weighted by Gasteiger charge is 2.47. The molecule has 1 saturated heterocycles. The number of hydrogen-bond acceptors (Lipinski definition) is 3. The van der Waals surface area contributed by atoms with Gasteiger partial charge in [-0.3, -0.25) is 4.79 Å². The van der Waals surface area contributed by atoms with Gasteiger partial charge in [0.25, 0.3) is 0 Å². The molecule has 1 rings (SSSR count). The van der Waals surface area contributed by atoms with Crippen molar-refractivity contribution in [3.63, 3.8) is 0 Å². The van der Waals surface area contributed by atoms with Gasteiger partial charge in [0, 0.05) is 19.2 Å². The van der Waals surface area contributed by atoms with Crippen molar-refractivity contribution in [3.8, 4) is 0 Å². The third-order valence-corrected chi connectivity index (χ3v) is 2.89. The number of rotatable bonds is 4. The molecule has 0 radical (unpaired) electrons. The number of amides is 1. The maximum Gasteiger partial charge on any atom is 0.408 e. The summed E-state index contributed by atoms with van der Waals surface area (Å²) >= 11 is 0. The summed E-state index contributed by atoms with van der Waals surface area (Å²) in [5, 5.41) is 0. The van der Waals surface area contributed by atoms with Gasteiger partial charge >= 0.3 is 6.18 Å². The van der Waals surface area contributed by atoms with Crippen LogP contribution in [0.2, 0.25) is 0 Å². The second-order valence-electron chi connectivity index (χ2n) is 4.49. The summed E-state index contributed by atoms with van der Waals surface area (Å²) in [7, 11) is 0. The van der Waals surface area contributed by atoms with Crippen LogP contribution in [0.4, 0.5) is 13.2 Å². The molecule has 0 aromatic heterocycles. The summed E-state index contributed by atoms with van der Waals surface area (Å²) in [5.74, 6) is -0.638. The Labute approximate surface area is 116 Å². The minimum absolute atomic E-state index is 0. The molecule has 114 valence electrons. The maximum absolute atomic E-state index is 12.8. The van der Waals surface area contributed by atoms with E-state index in [1.807, 2.05) is 6.92 Å². The maximum atomic E-state index is 12.8. The normalized spacial score (nSPS) is 23.9.